The van der Waals surface area contributed by atoms with Crippen LogP contribution in [0.2, 0.25) is 0 Å². The number of anilines is 3. The van der Waals surface area contributed by atoms with Gasteiger partial charge in [0.05, 0.1) is 41.3 Å². The second-order valence-electron chi connectivity index (χ2n) is 16.8. The smallest absolute Gasteiger partial charge is 0.378 e. The number of piperidine rings is 1. The highest BCUT2D eigenvalue weighted by atomic mass is 32.1. The Hall–Kier alpha value is -5.19. The number of benzene rings is 1. The topological polar surface area (TPSA) is 169 Å². The maximum atomic E-state index is 13.7. The number of carbonyl (C=O) groups is 4. The highest BCUT2D eigenvalue weighted by molar-refractivity contribution is 7.80. The number of alkyl halides is 3. The summed E-state index contributed by atoms with van der Waals surface area (Å²) in [5.74, 6) is -0.118. The van der Waals surface area contributed by atoms with E-state index in [9.17, 15) is 37.6 Å². The molecule has 60 heavy (non-hydrogen) atoms. The van der Waals surface area contributed by atoms with Crippen molar-refractivity contribution in [3.63, 3.8) is 0 Å². The summed E-state index contributed by atoms with van der Waals surface area (Å²) in [5, 5.41) is 19.9. The molecule has 0 unspecified atom stereocenters. The van der Waals surface area contributed by atoms with Crippen LogP contribution in [0.25, 0.3) is 10.9 Å². The van der Waals surface area contributed by atoms with Gasteiger partial charge in [-0.05, 0) is 109 Å². The molecule has 15 nitrogen and oxygen atoms in total. The average Bonchev–Trinajstić information content (AvgIpc) is 3.61. The molecule has 5 heterocycles. The molecule has 5 amide bonds. The van der Waals surface area contributed by atoms with Gasteiger partial charge in [0.2, 0.25) is 11.8 Å². The van der Waals surface area contributed by atoms with Gasteiger partial charge in [0.1, 0.15) is 11.6 Å². The maximum absolute atomic E-state index is 13.7. The van der Waals surface area contributed by atoms with Crippen molar-refractivity contribution in [2.45, 2.75) is 115 Å². The fraction of sp³-hybridized carbons (Fsp3) is 0.561. The van der Waals surface area contributed by atoms with Gasteiger partial charge in [-0.3, -0.25) is 39.1 Å². The van der Waals surface area contributed by atoms with Gasteiger partial charge < -0.3 is 15.0 Å². The van der Waals surface area contributed by atoms with Crippen LogP contribution < -0.4 is 20.4 Å². The number of thiocarbonyl (C=S) groups is 1. The largest absolute Gasteiger partial charge is 0.419 e. The van der Waals surface area contributed by atoms with Crippen molar-refractivity contribution >= 4 is 69.2 Å². The minimum Gasteiger partial charge on any atom is -0.378 e. The lowest BCUT2D eigenvalue weighted by atomic mass is 9.82. The Morgan fingerprint density at radius 3 is 2.47 bits per heavy atom. The molecule has 0 spiro atoms. The van der Waals surface area contributed by atoms with E-state index in [-0.39, 0.29) is 66.4 Å². The van der Waals surface area contributed by atoms with Crippen molar-refractivity contribution in [2.24, 2.45) is 13.0 Å². The molecule has 0 bridgehead atoms. The lowest BCUT2D eigenvalue weighted by Crippen LogP contribution is -2.51. The zero-order valence-electron chi connectivity index (χ0n) is 34.2. The first kappa shape index (κ1) is 42.9. The van der Waals surface area contributed by atoms with E-state index < -0.39 is 34.9 Å². The number of hydrogen-bond acceptors (Lipinski definition) is 10. The Morgan fingerprint density at radius 2 is 1.82 bits per heavy atom. The van der Waals surface area contributed by atoms with Crippen LogP contribution in [0.15, 0.2) is 30.5 Å². The van der Waals surface area contributed by atoms with Crippen LogP contribution >= 0.6 is 12.2 Å². The van der Waals surface area contributed by atoms with Crippen molar-refractivity contribution in [2.75, 3.05) is 34.8 Å². The first-order chi connectivity index (χ1) is 28.4. The third kappa shape index (κ3) is 8.28. The van der Waals surface area contributed by atoms with E-state index in [1.165, 1.54) is 11.0 Å². The molecule has 1 saturated carbocycles. The number of aromatic nitrogens is 3. The van der Waals surface area contributed by atoms with Crippen molar-refractivity contribution in [3.05, 3.63) is 41.7 Å². The van der Waals surface area contributed by atoms with Crippen LogP contribution in [-0.2, 0) is 32.3 Å². The van der Waals surface area contributed by atoms with E-state index >= 15 is 0 Å². The Kier molecular flexibility index (Phi) is 11.9. The number of carbonyl (C=O) groups excluding carboxylic acids is 4. The molecule has 2 aromatic heterocycles. The fourth-order valence-electron chi connectivity index (χ4n) is 9.38. The number of nitrogens with zero attached hydrogens (tertiary/aromatic N) is 8. The number of rotatable bonds is 10. The second-order valence-corrected chi connectivity index (χ2v) is 17.2. The van der Waals surface area contributed by atoms with Crippen LogP contribution in [-0.4, -0.2) is 103 Å². The Labute approximate surface area is 351 Å². The zero-order chi connectivity index (χ0) is 43.3. The van der Waals surface area contributed by atoms with E-state index in [1.807, 2.05) is 11.0 Å². The molecule has 3 aliphatic heterocycles. The van der Waals surface area contributed by atoms with Crippen LogP contribution in [0.5, 0.6) is 0 Å². The van der Waals surface area contributed by atoms with Gasteiger partial charge in [-0.25, -0.2) is 9.78 Å². The Balaban J connectivity index is 0.884. The molecule has 320 valence electrons. The highest BCUT2D eigenvalue weighted by Gasteiger charge is 2.53. The van der Waals surface area contributed by atoms with E-state index in [2.05, 4.69) is 39.5 Å². The molecule has 4 fully saturated rings. The molecule has 19 heteroatoms. The van der Waals surface area contributed by atoms with Crippen molar-refractivity contribution in [1.82, 2.24) is 29.9 Å². The third-order valence-electron chi connectivity index (χ3n) is 12.4. The lowest BCUT2D eigenvalue weighted by Gasteiger charge is -2.42. The number of ether oxygens (including phenoxy) is 1. The second kappa shape index (κ2) is 16.7. The normalized spacial score (nSPS) is 25.2. The van der Waals surface area contributed by atoms with Gasteiger partial charge in [-0.1, -0.05) is 6.07 Å². The number of halogens is 3. The molecule has 1 aromatic carbocycles. The molecule has 7 rings (SSSR count). The monoisotopic (exact) mass is 850 g/mol. The Bertz CT molecular complexity index is 2240. The maximum Gasteiger partial charge on any atom is 0.419 e. The predicted molar refractivity (Wildman–Crippen MR) is 220 cm³/mol. The molecule has 1 aliphatic carbocycles. The quantitative estimate of drug-likeness (QED) is 0.235. The number of pyridine rings is 1. The summed E-state index contributed by atoms with van der Waals surface area (Å²) >= 11 is 5.74. The van der Waals surface area contributed by atoms with Crippen LogP contribution in [0.4, 0.5) is 35.2 Å². The molecule has 3 atom stereocenters. The summed E-state index contributed by atoms with van der Waals surface area (Å²) in [7, 11) is 1.75. The van der Waals surface area contributed by atoms with Crippen LogP contribution in [0.3, 0.4) is 0 Å². The Morgan fingerprint density at radius 1 is 1.12 bits per heavy atom. The van der Waals surface area contributed by atoms with E-state index in [4.69, 9.17) is 17.0 Å². The molecule has 2 N–H and O–H groups in total. The number of hydrogen-bond donors (Lipinski definition) is 2. The predicted octanol–water partition coefficient (Wildman–Crippen LogP) is 5.86. The highest BCUT2D eigenvalue weighted by Crippen LogP contribution is 2.41. The number of amides is 5. The van der Waals surface area contributed by atoms with Crippen LogP contribution in [0, 0.1) is 17.2 Å². The summed E-state index contributed by atoms with van der Waals surface area (Å²) in [4.78, 5) is 61.6. The summed E-state index contributed by atoms with van der Waals surface area (Å²) in [6.45, 7) is 8.66. The molecule has 0 radical (unpaired) electrons. The molecular weight excluding hydrogens is 802 g/mol. The molecule has 3 saturated heterocycles. The number of para-hydroxylation sites is 1. The first-order valence-electron chi connectivity index (χ1n) is 20.3. The number of urea groups is 1. The fourth-order valence-corrected chi connectivity index (χ4v) is 9.94. The third-order valence-corrected chi connectivity index (χ3v) is 12.8. The van der Waals surface area contributed by atoms with E-state index in [0.717, 1.165) is 62.1 Å². The lowest BCUT2D eigenvalue weighted by molar-refractivity contribution is -0.138. The van der Waals surface area contributed by atoms with Gasteiger partial charge >= 0.3 is 12.2 Å². The molecular formula is C41H49F3N10O5S. The van der Waals surface area contributed by atoms with Gasteiger partial charge in [0.15, 0.2) is 16.6 Å². The number of fused-ring (bicyclic) bond motifs is 1. The van der Waals surface area contributed by atoms with Gasteiger partial charge in [-0.2, -0.15) is 23.5 Å². The van der Waals surface area contributed by atoms with E-state index in [0.29, 0.717) is 34.9 Å². The van der Waals surface area contributed by atoms with Crippen molar-refractivity contribution < 1.29 is 37.1 Å². The van der Waals surface area contributed by atoms with E-state index in [1.54, 1.807) is 37.7 Å². The summed E-state index contributed by atoms with van der Waals surface area (Å²) < 4.78 is 49.2. The number of nitrogens with one attached hydrogen (secondary N) is 2. The number of aryl methyl sites for hydroxylation is 1. The minimum absolute atomic E-state index is 0.0453. The molecule has 3 aromatic rings. The summed E-state index contributed by atoms with van der Waals surface area (Å²) in [6, 6.07) is 7.26. The van der Waals surface area contributed by atoms with Gasteiger partial charge in [0.25, 0.3) is 5.91 Å². The summed E-state index contributed by atoms with van der Waals surface area (Å²) in [6.07, 6.45) is 2.19. The van der Waals surface area contributed by atoms with Gasteiger partial charge in [-0.15, -0.1) is 0 Å². The summed E-state index contributed by atoms with van der Waals surface area (Å²) in [5.41, 5.74) is -1.93. The average molecular weight is 851 g/mol. The SMILES string of the molecule is C[C@@H]1C[C@H](OCC[C@H]2CC[C@H](N3C(=S)N(c4cnc(C#N)c(C(F)(F)F)c4)C(=O)C3(C)C)CC2)C[C@H](C)N1CC(=O)Nc1cccc2c(N3CCC(=O)NC3=O)nn(C)c12. The van der Waals surface area contributed by atoms with Gasteiger partial charge in [0, 0.05) is 50.1 Å². The van der Waals surface area contributed by atoms with Crippen molar-refractivity contribution in [3.8, 4) is 6.07 Å². The number of imide groups is 1. The number of nitriles is 1. The first-order valence-corrected chi connectivity index (χ1v) is 20.7. The standard InChI is InChI=1S/C41H49F3N10O5S/c1-23-17-28(18-24(2)52(23)22-34(56)47-31-8-6-7-29-35(31)50(5)49-36(29)51-15-13-33(55)48-38(51)58)59-16-14-25-9-11-26(12-10-25)54-39(60)53(37(57)40(54,3)4)27-19-30(41(42,43)44)32(20-45)46-21-27/h6-8,19,21,23-26,28H,9-18,22H2,1-5H3,(H,47,56)(H,48,55,58)/t23-,24+,25-,26-,28+. The zero-order valence-corrected chi connectivity index (χ0v) is 35.0. The van der Waals surface area contributed by atoms with Crippen molar-refractivity contribution in [1.29, 1.82) is 5.26 Å². The van der Waals surface area contributed by atoms with Crippen LogP contribution in [0.1, 0.15) is 90.3 Å². The minimum atomic E-state index is -4.82. The number of likely N-dealkylation sites (tertiary alicyclic amines) is 1. The molecule has 4 aliphatic rings.